The molecular weight excluding hydrogens is 476 g/mol. The van der Waals surface area contributed by atoms with E-state index in [-0.39, 0.29) is 17.4 Å². The third-order valence-electron chi connectivity index (χ3n) is 6.33. The normalized spacial score (nSPS) is 11.6. The molecule has 38 heavy (non-hydrogen) atoms. The van der Waals surface area contributed by atoms with Gasteiger partial charge in [-0.3, -0.25) is 14.2 Å². The largest absolute Gasteiger partial charge is 0.322 e. The molecule has 0 aliphatic rings. The Bertz CT molecular complexity index is 1760. The first-order valence-corrected chi connectivity index (χ1v) is 12.1. The number of benzene rings is 3. The molecule has 5 rings (SSSR count). The Morgan fingerprint density at radius 1 is 1.05 bits per heavy atom. The van der Waals surface area contributed by atoms with Crippen LogP contribution in [0.25, 0.3) is 27.7 Å². The SMILES string of the molecule is Cc1ccc(NC(=O)c2cccc(CC(C)C#N)c2)cc1-n1cnc2cc(-c3cncnc3)ccc2c1=O. The molecule has 0 aliphatic carbocycles. The summed E-state index contributed by atoms with van der Waals surface area (Å²) in [7, 11) is 0. The third kappa shape index (κ3) is 5.04. The van der Waals surface area contributed by atoms with E-state index in [1.54, 1.807) is 42.7 Å². The van der Waals surface area contributed by atoms with Crippen molar-refractivity contribution >= 4 is 22.5 Å². The third-order valence-corrected chi connectivity index (χ3v) is 6.33. The number of aromatic nitrogens is 4. The minimum absolute atomic E-state index is 0.138. The lowest BCUT2D eigenvalue weighted by molar-refractivity contribution is 0.102. The zero-order valence-electron chi connectivity index (χ0n) is 20.9. The number of hydrogen-bond donors (Lipinski definition) is 1. The number of carbonyl (C=O) groups excluding carboxylic acids is 1. The van der Waals surface area contributed by atoms with Crippen LogP contribution in [0.4, 0.5) is 5.69 Å². The number of hydrogen-bond acceptors (Lipinski definition) is 6. The number of anilines is 1. The lowest BCUT2D eigenvalue weighted by atomic mass is 10.0. The maximum absolute atomic E-state index is 13.4. The van der Waals surface area contributed by atoms with Crippen LogP contribution >= 0.6 is 0 Å². The molecule has 186 valence electrons. The van der Waals surface area contributed by atoms with Crippen molar-refractivity contribution < 1.29 is 4.79 Å². The highest BCUT2D eigenvalue weighted by molar-refractivity contribution is 6.04. The molecule has 8 nitrogen and oxygen atoms in total. The summed E-state index contributed by atoms with van der Waals surface area (Å²) in [6.45, 7) is 3.75. The van der Waals surface area contributed by atoms with E-state index in [4.69, 9.17) is 5.26 Å². The van der Waals surface area contributed by atoms with E-state index >= 15 is 0 Å². The molecule has 1 N–H and O–H groups in total. The van der Waals surface area contributed by atoms with Gasteiger partial charge in [0, 0.05) is 35.1 Å². The summed E-state index contributed by atoms with van der Waals surface area (Å²) in [6.07, 6.45) is 6.96. The van der Waals surface area contributed by atoms with Gasteiger partial charge in [0.15, 0.2) is 0 Å². The van der Waals surface area contributed by atoms with Gasteiger partial charge in [0.05, 0.1) is 22.7 Å². The van der Waals surface area contributed by atoms with E-state index in [9.17, 15) is 9.59 Å². The average molecular weight is 501 g/mol. The Morgan fingerprint density at radius 3 is 2.66 bits per heavy atom. The molecule has 1 atom stereocenters. The van der Waals surface area contributed by atoms with E-state index in [2.05, 4.69) is 26.3 Å². The number of fused-ring (bicyclic) bond motifs is 1. The zero-order chi connectivity index (χ0) is 26.6. The second-order valence-electron chi connectivity index (χ2n) is 9.17. The predicted molar refractivity (Wildman–Crippen MR) is 146 cm³/mol. The van der Waals surface area contributed by atoms with Crippen LogP contribution in [0.5, 0.6) is 0 Å². The molecule has 1 unspecified atom stereocenters. The summed E-state index contributed by atoms with van der Waals surface area (Å²) in [6, 6.07) is 20.3. The first-order valence-electron chi connectivity index (χ1n) is 12.1. The van der Waals surface area contributed by atoms with E-state index in [0.717, 1.165) is 22.3 Å². The fraction of sp³-hybridized carbons (Fsp3) is 0.133. The Balaban J connectivity index is 1.44. The summed E-state index contributed by atoms with van der Waals surface area (Å²) in [5, 5.41) is 12.5. The minimum Gasteiger partial charge on any atom is -0.322 e. The van der Waals surface area contributed by atoms with Crippen LogP contribution in [0.1, 0.15) is 28.4 Å². The molecule has 0 radical (unpaired) electrons. The Kier molecular flexibility index (Phi) is 6.74. The molecule has 1 amide bonds. The van der Waals surface area contributed by atoms with Crippen molar-refractivity contribution in [3.8, 4) is 22.9 Å². The molecule has 0 saturated heterocycles. The number of nitrogens with zero attached hydrogens (tertiary/aromatic N) is 5. The lowest BCUT2D eigenvalue weighted by Gasteiger charge is -2.13. The van der Waals surface area contributed by atoms with Crippen LogP contribution in [0.2, 0.25) is 0 Å². The maximum Gasteiger partial charge on any atom is 0.265 e. The highest BCUT2D eigenvalue weighted by atomic mass is 16.1. The molecule has 8 heteroatoms. The summed E-state index contributed by atoms with van der Waals surface area (Å²) >= 11 is 0. The molecular formula is C30H24N6O2. The fourth-order valence-electron chi connectivity index (χ4n) is 4.31. The second kappa shape index (κ2) is 10.4. The molecule has 5 aromatic rings. The summed E-state index contributed by atoms with van der Waals surface area (Å²) in [5.74, 6) is -0.409. The predicted octanol–water partition coefficient (Wildman–Crippen LogP) is 5.11. The molecule has 0 spiro atoms. The van der Waals surface area contributed by atoms with Gasteiger partial charge in [0.25, 0.3) is 11.5 Å². The van der Waals surface area contributed by atoms with Gasteiger partial charge < -0.3 is 5.32 Å². The van der Waals surface area contributed by atoms with E-state index in [0.29, 0.717) is 34.3 Å². The number of amides is 1. The van der Waals surface area contributed by atoms with Gasteiger partial charge in [-0.15, -0.1) is 0 Å². The number of nitrogens with one attached hydrogen (secondary N) is 1. The standard InChI is InChI=1S/C30H24N6O2/c1-19(14-31)10-21-4-3-5-23(11-21)29(37)35-25-8-6-20(2)28(13-25)36-18-34-27-12-22(7-9-26(27)30(36)38)24-15-32-17-33-16-24/h3-9,11-13,15-19H,10H2,1-2H3,(H,35,37). The van der Waals surface area contributed by atoms with E-state index in [1.165, 1.54) is 17.2 Å². The summed E-state index contributed by atoms with van der Waals surface area (Å²) in [4.78, 5) is 39.0. The Hall–Kier alpha value is -5.16. The van der Waals surface area contributed by atoms with Crippen LogP contribution in [0, 0.1) is 24.2 Å². The number of carbonyl (C=O) groups is 1. The lowest BCUT2D eigenvalue weighted by Crippen LogP contribution is -2.20. The Morgan fingerprint density at radius 2 is 1.87 bits per heavy atom. The average Bonchev–Trinajstić information content (AvgIpc) is 2.95. The summed E-state index contributed by atoms with van der Waals surface area (Å²) < 4.78 is 1.49. The van der Waals surface area contributed by atoms with Gasteiger partial charge in [-0.2, -0.15) is 5.26 Å². The first kappa shape index (κ1) is 24.5. The fourth-order valence-corrected chi connectivity index (χ4v) is 4.31. The first-order chi connectivity index (χ1) is 18.4. The minimum atomic E-state index is -0.271. The molecule has 0 aliphatic heterocycles. The van der Waals surface area contributed by atoms with Crippen molar-refractivity contribution in [3.63, 3.8) is 0 Å². The molecule has 2 aromatic heterocycles. The van der Waals surface area contributed by atoms with E-state index < -0.39 is 0 Å². The Labute approximate surface area is 219 Å². The van der Waals surface area contributed by atoms with Crippen molar-refractivity contribution in [1.29, 1.82) is 5.26 Å². The van der Waals surface area contributed by atoms with E-state index in [1.807, 2.05) is 44.2 Å². The van der Waals surface area contributed by atoms with Gasteiger partial charge in [-0.05, 0) is 73.4 Å². The molecule has 0 bridgehead atoms. The van der Waals surface area contributed by atoms with Crippen molar-refractivity contribution in [3.05, 3.63) is 113 Å². The summed E-state index contributed by atoms with van der Waals surface area (Å²) in [5.41, 5.74) is 5.53. The van der Waals surface area contributed by atoms with Crippen molar-refractivity contribution in [2.75, 3.05) is 5.32 Å². The van der Waals surface area contributed by atoms with Crippen LogP contribution in [0.15, 0.2) is 90.5 Å². The van der Waals surface area contributed by atoms with Crippen LogP contribution < -0.4 is 10.9 Å². The molecule has 3 aromatic carbocycles. The molecule has 0 saturated carbocycles. The number of nitriles is 1. The van der Waals surface area contributed by atoms with Crippen LogP contribution in [-0.2, 0) is 6.42 Å². The second-order valence-corrected chi connectivity index (χ2v) is 9.17. The van der Waals surface area contributed by atoms with Crippen molar-refractivity contribution in [1.82, 2.24) is 19.5 Å². The molecule has 0 fully saturated rings. The topological polar surface area (TPSA) is 114 Å². The highest BCUT2D eigenvalue weighted by Gasteiger charge is 2.13. The van der Waals surface area contributed by atoms with Crippen LogP contribution in [0.3, 0.4) is 0 Å². The monoisotopic (exact) mass is 500 g/mol. The van der Waals surface area contributed by atoms with Crippen molar-refractivity contribution in [2.45, 2.75) is 20.3 Å². The smallest absolute Gasteiger partial charge is 0.265 e. The van der Waals surface area contributed by atoms with Gasteiger partial charge in [-0.1, -0.05) is 24.3 Å². The van der Waals surface area contributed by atoms with Gasteiger partial charge in [0.1, 0.15) is 12.7 Å². The van der Waals surface area contributed by atoms with Gasteiger partial charge in [0.2, 0.25) is 0 Å². The number of aryl methyl sites for hydroxylation is 1. The number of rotatable bonds is 6. The quantitative estimate of drug-likeness (QED) is 0.347. The highest BCUT2D eigenvalue weighted by Crippen LogP contribution is 2.23. The zero-order valence-corrected chi connectivity index (χ0v) is 20.9. The van der Waals surface area contributed by atoms with Gasteiger partial charge in [-0.25, -0.2) is 15.0 Å². The molecule has 2 heterocycles. The van der Waals surface area contributed by atoms with Crippen molar-refractivity contribution in [2.24, 2.45) is 5.92 Å². The van der Waals surface area contributed by atoms with Crippen LogP contribution in [-0.4, -0.2) is 25.4 Å². The maximum atomic E-state index is 13.4. The van der Waals surface area contributed by atoms with Gasteiger partial charge >= 0.3 is 0 Å².